The standard InChI is InChI=1S/C9H12N4S/c1-6-4-2-3-5-7(6)13(8(10)11)9(12)14/h2-5H,1H3,(H3,10,11)(H2,12,14). The fourth-order valence-corrected chi connectivity index (χ4v) is 1.38. The molecule has 0 aliphatic carbocycles. The van der Waals surface area contributed by atoms with Crippen molar-refractivity contribution in [1.82, 2.24) is 0 Å². The van der Waals surface area contributed by atoms with E-state index >= 15 is 0 Å². The molecule has 0 atom stereocenters. The van der Waals surface area contributed by atoms with Crippen LogP contribution in [0.15, 0.2) is 24.3 Å². The van der Waals surface area contributed by atoms with Gasteiger partial charge in [-0.3, -0.25) is 10.3 Å². The number of aryl methyl sites for hydroxylation is 1. The van der Waals surface area contributed by atoms with Gasteiger partial charge in [0.1, 0.15) is 0 Å². The van der Waals surface area contributed by atoms with Gasteiger partial charge in [0.2, 0.25) is 0 Å². The van der Waals surface area contributed by atoms with E-state index in [0.717, 1.165) is 11.3 Å². The van der Waals surface area contributed by atoms with E-state index in [1.165, 1.54) is 4.90 Å². The lowest BCUT2D eigenvalue weighted by Gasteiger charge is -2.22. The minimum atomic E-state index is -0.174. The van der Waals surface area contributed by atoms with Crippen molar-refractivity contribution in [2.24, 2.45) is 11.5 Å². The van der Waals surface area contributed by atoms with Gasteiger partial charge in [-0.25, -0.2) is 0 Å². The lowest BCUT2D eigenvalue weighted by atomic mass is 10.2. The van der Waals surface area contributed by atoms with E-state index in [9.17, 15) is 0 Å². The average Bonchev–Trinajstić information content (AvgIpc) is 2.07. The number of anilines is 1. The van der Waals surface area contributed by atoms with E-state index in [-0.39, 0.29) is 11.1 Å². The summed E-state index contributed by atoms with van der Waals surface area (Å²) in [5, 5.41) is 7.43. The van der Waals surface area contributed by atoms with E-state index in [1.807, 2.05) is 31.2 Å². The highest BCUT2D eigenvalue weighted by molar-refractivity contribution is 7.80. The molecule has 4 nitrogen and oxygen atoms in total. The van der Waals surface area contributed by atoms with Crippen molar-refractivity contribution >= 4 is 29.0 Å². The third kappa shape index (κ3) is 2.00. The lowest BCUT2D eigenvalue weighted by molar-refractivity contribution is 1.27. The average molecular weight is 208 g/mol. The van der Waals surface area contributed by atoms with Gasteiger partial charge >= 0.3 is 0 Å². The van der Waals surface area contributed by atoms with Gasteiger partial charge in [0, 0.05) is 0 Å². The Morgan fingerprint density at radius 1 is 1.36 bits per heavy atom. The first-order valence-corrected chi connectivity index (χ1v) is 4.44. The van der Waals surface area contributed by atoms with Crippen LogP contribution in [0.1, 0.15) is 5.56 Å². The summed E-state index contributed by atoms with van der Waals surface area (Å²) in [5.41, 5.74) is 12.6. The maximum absolute atomic E-state index is 7.35. The summed E-state index contributed by atoms with van der Waals surface area (Å²) < 4.78 is 0. The van der Waals surface area contributed by atoms with Gasteiger partial charge in [0.15, 0.2) is 11.1 Å². The first kappa shape index (κ1) is 10.5. The molecule has 0 saturated carbocycles. The molecule has 14 heavy (non-hydrogen) atoms. The van der Waals surface area contributed by atoms with Crippen LogP contribution in [-0.4, -0.2) is 11.1 Å². The molecule has 0 saturated heterocycles. The van der Waals surface area contributed by atoms with Crippen LogP contribution in [0, 0.1) is 12.3 Å². The summed E-state index contributed by atoms with van der Waals surface area (Å²) in [6.45, 7) is 1.91. The summed E-state index contributed by atoms with van der Waals surface area (Å²) >= 11 is 4.82. The van der Waals surface area contributed by atoms with Crippen molar-refractivity contribution in [1.29, 1.82) is 5.41 Å². The van der Waals surface area contributed by atoms with E-state index < -0.39 is 0 Å². The summed E-state index contributed by atoms with van der Waals surface area (Å²) in [4.78, 5) is 1.32. The Bertz CT molecular complexity index is 361. The van der Waals surface area contributed by atoms with Gasteiger partial charge in [0.25, 0.3) is 0 Å². The zero-order chi connectivity index (χ0) is 10.7. The minimum Gasteiger partial charge on any atom is -0.376 e. The maximum Gasteiger partial charge on any atom is 0.199 e. The van der Waals surface area contributed by atoms with Crippen LogP contribution < -0.4 is 16.4 Å². The molecule has 0 aliphatic rings. The van der Waals surface area contributed by atoms with Crippen molar-refractivity contribution in [2.45, 2.75) is 6.92 Å². The highest BCUT2D eigenvalue weighted by atomic mass is 32.1. The van der Waals surface area contributed by atoms with Crippen molar-refractivity contribution in [3.05, 3.63) is 29.8 Å². The van der Waals surface area contributed by atoms with Gasteiger partial charge in [-0.05, 0) is 30.8 Å². The fourth-order valence-electron chi connectivity index (χ4n) is 1.18. The Morgan fingerprint density at radius 2 is 1.93 bits per heavy atom. The molecule has 0 unspecified atom stereocenters. The first-order valence-electron chi connectivity index (χ1n) is 4.03. The normalized spacial score (nSPS) is 9.50. The second-order valence-electron chi connectivity index (χ2n) is 2.85. The number of thiocarbonyl (C=S) groups is 1. The molecule has 74 valence electrons. The van der Waals surface area contributed by atoms with Crippen LogP contribution in [0.2, 0.25) is 0 Å². The van der Waals surface area contributed by atoms with Crippen LogP contribution in [0.3, 0.4) is 0 Å². The maximum atomic E-state index is 7.35. The highest BCUT2D eigenvalue weighted by Crippen LogP contribution is 2.18. The smallest absolute Gasteiger partial charge is 0.199 e. The molecule has 1 aromatic carbocycles. The number of nitrogens with one attached hydrogen (secondary N) is 1. The molecule has 0 radical (unpaired) electrons. The predicted octanol–water partition coefficient (Wildman–Crippen LogP) is 0.938. The molecule has 0 amide bonds. The number of rotatable bonds is 1. The number of guanidine groups is 1. The second-order valence-corrected chi connectivity index (χ2v) is 3.26. The van der Waals surface area contributed by atoms with Crippen LogP contribution >= 0.6 is 12.2 Å². The number of nitrogens with zero attached hydrogens (tertiary/aromatic N) is 1. The Labute approximate surface area is 88.0 Å². The quantitative estimate of drug-likeness (QED) is 0.364. The molecule has 0 fully saturated rings. The molecule has 0 aromatic heterocycles. The third-order valence-corrected chi connectivity index (χ3v) is 2.00. The molecule has 0 heterocycles. The monoisotopic (exact) mass is 208 g/mol. The SMILES string of the molecule is Cc1ccccc1N(C(=N)N)C(N)=S. The van der Waals surface area contributed by atoms with E-state index in [0.29, 0.717) is 0 Å². The van der Waals surface area contributed by atoms with Crippen molar-refractivity contribution in [2.75, 3.05) is 4.90 Å². The molecule has 1 aromatic rings. The summed E-state index contributed by atoms with van der Waals surface area (Å²) in [6.07, 6.45) is 0. The summed E-state index contributed by atoms with van der Waals surface area (Å²) in [5.74, 6) is -0.174. The van der Waals surface area contributed by atoms with Crippen molar-refractivity contribution < 1.29 is 0 Å². The molecular weight excluding hydrogens is 196 g/mol. The zero-order valence-corrected chi connectivity index (χ0v) is 8.64. The van der Waals surface area contributed by atoms with Gasteiger partial charge in [-0.2, -0.15) is 0 Å². The molecule has 0 spiro atoms. The summed E-state index contributed by atoms with van der Waals surface area (Å²) in [7, 11) is 0. The van der Waals surface area contributed by atoms with Crippen molar-refractivity contribution in [3.63, 3.8) is 0 Å². The minimum absolute atomic E-state index is 0.0757. The molecule has 1 rings (SSSR count). The van der Waals surface area contributed by atoms with E-state index in [4.69, 9.17) is 29.1 Å². The topological polar surface area (TPSA) is 79.1 Å². The highest BCUT2D eigenvalue weighted by Gasteiger charge is 2.13. The van der Waals surface area contributed by atoms with E-state index in [1.54, 1.807) is 0 Å². The van der Waals surface area contributed by atoms with Gasteiger partial charge in [0.05, 0.1) is 5.69 Å². The third-order valence-electron chi connectivity index (χ3n) is 1.82. The number of hydrogen-bond donors (Lipinski definition) is 3. The molecule has 5 N–H and O–H groups in total. The van der Waals surface area contributed by atoms with Crippen molar-refractivity contribution in [3.8, 4) is 0 Å². The largest absolute Gasteiger partial charge is 0.376 e. The van der Waals surface area contributed by atoms with Crippen LogP contribution in [-0.2, 0) is 0 Å². The number of benzene rings is 1. The number of hydrogen-bond acceptors (Lipinski definition) is 2. The lowest BCUT2D eigenvalue weighted by Crippen LogP contribution is -2.44. The fraction of sp³-hybridized carbons (Fsp3) is 0.111. The Kier molecular flexibility index (Phi) is 3.03. The molecule has 5 heteroatoms. The van der Waals surface area contributed by atoms with Crippen LogP contribution in [0.4, 0.5) is 5.69 Å². The molecular formula is C9H12N4S. The Balaban J connectivity index is 3.18. The van der Waals surface area contributed by atoms with Gasteiger partial charge < -0.3 is 11.5 Å². The van der Waals surface area contributed by atoms with Crippen LogP contribution in [0.25, 0.3) is 0 Å². The van der Waals surface area contributed by atoms with Gasteiger partial charge in [-0.1, -0.05) is 18.2 Å². The Morgan fingerprint density at radius 3 is 2.36 bits per heavy atom. The second kappa shape index (κ2) is 4.06. The molecule has 0 aliphatic heterocycles. The number of para-hydroxylation sites is 1. The van der Waals surface area contributed by atoms with Crippen LogP contribution in [0.5, 0.6) is 0 Å². The predicted molar refractivity (Wildman–Crippen MR) is 62.4 cm³/mol. The van der Waals surface area contributed by atoms with E-state index in [2.05, 4.69) is 0 Å². The number of nitrogens with two attached hydrogens (primary N) is 2. The van der Waals surface area contributed by atoms with Gasteiger partial charge in [-0.15, -0.1) is 0 Å². The first-order chi connectivity index (χ1) is 6.54. The summed E-state index contributed by atoms with van der Waals surface area (Å²) in [6, 6.07) is 7.46. The molecule has 0 bridgehead atoms. The zero-order valence-electron chi connectivity index (χ0n) is 7.82. The Hall–Kier alpha value is -1.62.